The molecular weight excluding hydrogens is 322 g/mol. The Labute approximate surface area is 127 Å². The summed E-state index contributed by atoms with van der Waals surface area (Å²) < 4.78 is 0.992. The van der Waals surface area contributed by atoms with Gasteiger partial charge in [-0.2, -0.15) is 0 Å². The molecule has 0 spiro atoms. The van der Waals surface area contributed by atoms with E-state index < -0.39 is 5.97 Å². The third kappa shape index (κ3) is 7.09. The van der Waals surface area contributed by atoms with Crippen LogP contribution in [0.4, 0.5) is 0 Å². The fourth-order valence-electron chi connectivity index (χ4n) is 1.67. The van der Waals surface area contributed by atoms with Crippen LogP contribution in [0.15, 0.2) is 34.8 Å². The van der Waals surface area contributed by atoms with Crippen LogP contribution in [0.3, 0.4) is 0 Å². The summed E-state index contributed by atoms with van der Waals surface area (Å²) in [5.41, 5.74) is 0.946. The van der Waals surface area contributed by atoms with Crippen LogP contribution in [0.5, 0.6) is 0 Å². The lowest BCUT2D eigenvalue weighted by molar-refractivity contribution is -0.137. The first-order valence-electron chi connectivity index (χ1n) is 6.43. The fraction of sp³-hybridized carbons (Fsp3) is 0.333. The molecule has 1 aromatic carbocycles. The van der Waals surface area contributed by atoms with Crippen LogP contribution in [0.2, 0.25) is 0 Å². The van der Waals surface area contributed by atoms with Gasteiger partial charge in [0.05, 0.1) is 0 Å². The van der Waals surface area contributed by atoms with Crippen molar-refractivity contribution in [3.05, 3.63) is 40.4 Å². The molecule has 0 bridgehead atoms. The number of nitrogens with one attached hydrogen (secondary N) is 1. The topological polar surface area (TPSA) is 66.4 Å². The number of halogens is 1. The number of benzene rings is 1. The number of hydrogen-bond acceptors (Lipinski definition) is 2. The normalized spacial score (nSPS) is 12.3. The van der Waals surface area contributed by atoms with Gasteiger partial charge in [-0.3, -0.25) is 9.59 Å². The molecule has 0 saturated heterocycles. The van der Waals surface area contributed by atoms with Gasteiger partial charge in [0, 0.05) is 23.0 Å². The van der Waals surface area contributed by atoms with Crippen LogP contribution < -0.4 is 5.32 Å². The number of carbonyl (C=O) groups is 2. The molecule has 0 aliphatic rings. The van der Waals surface area contributed by atoms with E-state index in [-0.39, 0.29) is 18.4 Å². The van der Waals surface area contributed by atoms with Gasteiger partial charge in [-0.05, 0) is 43.5 Å². The Balaban J connectivity index is 2.35. The third-order valence-corrected chi connectivity index (χ3v) is 3.24. The maximum Gasteiger partial charge on any atom is 0.303 e. The maximum atomic E-state index is 11.7. The van der Waals surface area contributed by atoms with Crippen molar-refractivity contribution in [2.75, 3.05) is 0 Å². The molecule has 0 fully saturated rings. The van der Waals surface area contributed by atoms with Crippen molar-refractivity contribution in [3.8, 4) is 0 Å². The predicted molar refractivity (Wildman–Crippen MR) is 82.3 cm³/mol. The molecule has 0 aliphatic heterocycles. The second-order valence-electron chi connectivity index (χ2n) is 4.58. The minimum atomic E-state index is -0.807. The van der Waals surface area contributed by atoms with E-state index in [9.17, 15) is 9.59 Å². The van der Waals surface area contributed by atoms with Crippen LogP contribution in [0, 0.1) is 0 Å². The van der Waals surface area contributed by atoms with E-state index in [2.05, 4.69) is 21.2 Å². The van der Waals surface area contributed by atoms with Gasteiger partial charge in [0.15, 0.2) is 0 Å². The summed E-state index contributed by atoms with van der Waals surface area (Å²) in [7, 11) is 0. The molecule has 20 heavy (non-hydrogen) atoms. The van der Waals surface area contributed by atoms with Crippen molar-refractivity contribution < 1.29 is 14.7 Å². The third-order valence-electron chi connectivity index (χ3n) is 2.71. The Kier molecular flexibility index (Phi) is 7.01. The zero-order chi connectivity index (χ0) is 15.0. The van der Waals surface area contributed by atoms with Crippen LogP contribution in [0.25, 0.3) is 6.08 Å². The first-order chi connectivity index (χ1) is 9.47. The molecule has 0 heterocycles. The summed E-state index contributed by atoms with van der Waals surface area (Å²) in [5, 5.41) is 11.3. The van der Waals surface area contributed by atoms with E-state index in [4.69, 9.17) is 5.11 Å². The highest BCUT2D eigenvalue weighted by Crippen LogP contribution is 2.11. The highest BCUT2D eigenvalue weighted by molar-refractivity contribution is 9.10. The number of carbonyl (C=O) groups excluding carboxylic acids is 1. The summed E-state index contributed by atoms with van der Waals surface area (Å²) >= 11 is 3.35. The zero-order valence-electron chi connectivity index (χ0n) is 11.3. The van der Waals surface area contributed by atoms with Crippen molar-refractivity contribution >= 4 is 33.9 Å². The number of aliphatic carboxylic acids is 1. The average molecular weight is 340 g/mol. The molecule has 0 aliphatic carbocycles. The Morgan fingerprint density at radius 2 is 2.00 bits per heavy atom. The first kappa shape index (κ1) is 16.4. The molecule has 1 amide bonds. The summed E-state index contributed by atoms with van der Waals surface area (Å²) in [5.74, 6) is -0.977. The second-order valence-corrected chi connectivity index (χ2v) is 5.50. The average Bonchev–Trinajstić information content (AvgIpc) is 2.37. The number of hydrogen-bond donors (Lipinski definition) is 2. The van der Waals surface area contributed by atoms with Crippen molar-refractivity contribution in [3.63, 3.8) is 0 Å². The Hall–Kier alpha value is -1.62. The van der Waals surface area contributed by atoms with Crippen LogP contribution in [-0.2, 0) is 9.59 Å². The summed E-state index contributed by atoms with van der Waals surface area (Å²) in [6.07, 6.45) is 4.58. The van der Waals surface area contributed by atoms with Gasteiger partial charge < -0.3 is 10.4 Å². The molecule has 4 nitrogen and oxygen atoms in total. The van der Waals surface area contributed by atoms with E-state index in [0.717, 1.165) is 10.0 Å². The molecule has 0 radical (unpaired) electrons. The van der Waals surface area contributed by atoms with Gasteiger partial charge in [-0.1, -0.05) is 28.1 Å². The van der Waals surface area contributed by atoms with Crippen molar-refractivity contribution in [2.45, 2.75) is 32.2 Å². The number of amides is 1. The Morgan fingerprint density at radius 3 is 2.60 bits per heavy atom. The number of carboxylic acid groups (broad SMARTS) is 1. The minimum Gasteiger partial charge on any atom is -0.481 e. The van der Waals surface area contributed by atoms with E-state index in [1.807, 2.05) is 31.2 Å². The van der Waals surface area contributed by atoms with E-state index in [1.54, 1.807) is 6.08 Å². The maximum absolute atomic E-state index is 11.7. The Morgan fingerprint density at radius 1 is 1.35 bits per heavy atom. The zero-order valence-corrected chi connectivity index (χ0v) is 12.9. The second kappa shape index (κ2) is 8.53. The van der Waals surface area contributed by atoms with Gasteiger partial charge in [0.25, 0.3) is 0 Å². The molecule has 0 saturated carbocycles. The smallest absolute Gasteiger partial charge is 0.303 e. The number of carboxylic acids is 1. The molecular formula is C15H18BrNO3. The SMILES string of the molecule is CC(CCCC(=O)O)NC(=O)/C=C/c1ccc(Br)cc1. The molecule has 1 atom stereocenters. The van der Waals surface area contributed by atoms with Gasteiger partial charge in [-0.25, -0.2) is 0 Å². The highest BCUT2D eigenvalue weighted by Gasteiger charge is 2.05. The Bertz CT molecular complexity index is 482. The molecule has 1 unspecified atom stereocenters. The largest absolute Gasteiger partial charge is 0.481 e. The molecule has 1 rings (SSSR count). The molecule has 108 valence electrons. The highest BCUT2D eigenvalue weighted by atomic mass is 79.9. The molecule has 0 aromatic heterocycles. The van der Waals surface area contributed by atoms with Gasteiger partial charge in [0.2, 0.25) is 5.91 Å². The molecule has 1 aromatic rings. The van der Waals surface area contributed by atoms with Crippen LogP contribution in [-0.4, -0.2) is 23.0 Å². The van der Waals surface area contributed by atoms with Gasteiger partial charge in [0.1, 0.15) is 0 Å². The lowest BCUT2D eigenvalue weighted by atomic mass is 10.1. The summed E-state index contributed by atoms with van der Waals surface area (Å²) in [6.45, 7) is 1.87. The standard InChI is InChI=1S/C15H18BrNO3/c1-11(3-2-4-15(19)20)17-14(18)10-7-12-5-8-13(16)9-6-12/h5-11H,2-4H2,1H3,(H,17,18)(H,19,20)/b10-7+. The van der Waals surface area contributed by atoms with Crippen LogP contribution >= 0.6 is 15.9 Å². The minimum absolute atomic E-state index is 0.0311. The van der Waals surface area contributed by atoms with Crippen LogP contribution in [0.1, 0.15) is 31.7 Å². The lowest BCUT2D eigenvalue weighted by Gasteiger charge is -2.11. The molecule has 5 heteroatoms. The van der Waals surface area contributed by atoms with Crippen molar-refractivity contribution in [1.29, 1.82) is 0 Å². The summed E-state index contributed by atoms with van der Waals surface area (Å²) in [6, 6.07) is 7.60. The fourth-order valence-corrected chi connectivity index (χ4v) is 1.93. The number of rotatable bonds is 7. The van der Waals surface area contributed by atoms with E-state index in [1.165, 1.54) is 6.08 Å². The predicted octanol–water partition coefficient (Wildman–Crippen LogP) is 3.22. The monoisotopic (exact) mass is 339 g/mol. The molecule has 2 N–H and O–H groups in total. The van der Waals surface area contributed by atoms with Crippen molar-refractivity contribution in [1.82, 2.24) is 5.32 Å². The quantitative estimate of drug-likeness (QED) is 0.749. The lowest BCUT2D eigenvalue weighted by Crippen LogP contribution is -2.31. The van der Waals surface area contributed by atoms with Gasteiger partial charge in [-0.15, -0.1) is 0 Å². The van der Waals surface area contributed by atoms with E-state index >= 15 is 0 Å². The summed E-state index contributed by atoms with van der Waals surface area (Å²) in [4.78, 5) is 22.1. The van der Waals surface area contributed by atoms with E-state index in [0.29, 0.717) is 12.8 Å². The van der Waals surface area contributed by atoms with Crippen molar-refractivity contribution in [2.24, 2.45) is 0 Å². The van der Waals surface area contributed by atoms with Gasteiger partial charge >= 0.3 is 5.97 Å². The first-order valence-corrected chi connectivity index (χ1v) is 7.22.